The van der Waals surface area contributed by atoms with Gasteiger partial charge in [0.15, 0.2) is 5.78 Å². The highest BCUT2D eigenvalue weighted by Crippen LogP contribution is 2.35. The number of ketones is 1. The van der Waals surface area contributed by atoms with Gasteiger partial charge < -0.3 is 5.32 Å². The summed E-state index contributed by atoms with van der Waals surface area (Å²) >= 11 is 3.11. The minimum Gasteiger partial charge on any atom is -0.326 e. The van der Waals surface area contributed by atoms with E-state index in [2.05, 4.69) is 29.1 Å². The van der Waals surface area contributed by atoms with Crippen molar-refractivity contribution in [2.45, 2.75) is 32.7 Å². The van der Waals surface area contributed by atoms with Crippen LogP contribution < -0.4 is 5.32 Å². The number of Topliss-reactive ketones (excluding diaryl/α,β-unsaturated/α-hetero) is 1. The molecule has 0 atom stereocenters. The van der Waals surface area contributed by atoms with Crippen LogP contribution in [0.1, 0.15) is 33.5 Å². The molecule has 0 radical (unpaired) electrons. The summed E-state index contributed by atoms with van der Waals surface area (Å²) in [5.41, 5.74) is 2.48. The molecule has 0 saturated carbocycles. The topological polar surface area (TPSA) is 72.0 Å². The lowest BCUT2D eigenvalue weighted by Crippen LogP contribution is -2.07. The van der Waals surface area contributed by atoms with E-state index in [-0.39, 0.29) is 11.7 Å². The summed E-state index contributed by atoms with van der Waals surface area (Å²) in [6, 6.07) is 6.93. The van der Waals surface area contributed by atoms with E-state index in [0.29, 0.717) is 22.8 Å². The van der Waals surface area contributed by atoms with Crippen LogP contribution in [0.5, 0.6) is 0 Å². The minimum atomic E-state index is -0.135. The summed E-state index contributed by atoms with van der Waals surface area (Å²) in [5, 5.41) is 4.60. The Balaban J connectivity index is 1.77. The number of carbonyl (C=O) groups excluding carboxylic acids is 2. The number of aromatic nitrogens is 2. The smallest absolute Gasteiger partial charge is 0.221 e. The zero-order valence-electron chi connectivity index (χ0n) is 15.0. The largest absolute Gasteiger partial charge is 0.326 e. The van der Waals surface area contributed by atoms with Gasteiger partial charge in [0.2, 0.25) is 5.91 Å². The summed E-state index contributed by atoms with van der Waals surface area (Å²) in [6.07, 6.45) is 0. The summed E-state index contributed by atoms with van der Waals surface area (Å²) in [7, 11) is 0. The molecule has 0 aliphatic heterocycles. The molecule has 3 rings (SSSR count). The predicted octanol–water partition coefficient (Wildman–Crippen LogP) is 4.55. The molecular weight excluding hydrogens is 366 g/mol. The van der Waals surface area contributed by atoms with E-state index >= 15 is 0 Å². The summed E-state index contributed by atoms with van der Waals surface area (Å²) in [4.78, 5) is 34.8. The molecule has 5 nitrogen and oxygen atoms in total. The average Bonchev–Trinajstić information content (AvgIpc) is 2.86. The number of carbonyl (C=O) groups is 2. The van der Waals surface area contributed by atoms with Crippen LogP contribution in [-0.4, -0.2) is 27.4 Å². The average molecular weight is 386 g/mol. The van der Waals surface area contributed by atoms with Crippen molar-refractivity contribution in [3.8, 4) is 0 Å². The number of benzene rings is 1. The van der Waals surface area contributed by atoms with Gasteiger partial charge in [-0.15, -0.1) is 11.3 Å². The van der Waals surface area contributed by atoms with E-state index in [4.69, 9.17) is 0 Å². The van der Waals surface area contributed by atoms with Gasteiger partial charge in [0, 0.05) is 28.4 Å². The molecule has 1 aromatic carbocycles. The Kier molecular flexibility index (Phi) is 5.38. The zero-order valence-corrected chi connectivity index (χ0v) is 16.7. The zero-order chi connectivity index (χ0) is 18.8. The first kappa shape index (κ1) is 18.5. The van der Waals surface area contributed by atoms with Crippen LogP contribution in [0.4, 0.5) is 5.69 Å². The van der Waals surface area contributed by atoms with Crippen LogP contribution >= 0.6 is 23.1 Å². The third-order valence-corrected chi connectivity index (χ3v) is 6.05. The van der Waals surface area contributed by atoms with E-state index < -0.39 is 0 Å². The second-order valence-electron chi connectivity index (χ2n) is 6.01. The lowest BCUT2D eigenvalue weighted by Gasteiger charge is -2.06. The second kappa shape index (κ2) is 7.55. The highest BCUT2D eigenvalue weighted by molar-refractivity contribution is 8.00. The number of anilines is 1. The summed E-state index contributed by atoms with van der Waals surface area (Å²) in [6.45, 7) is 7.47. The monoisotopic (exact) mass is 385 g/mol. The SMILES string of the molecule is CC(=O)Nc1ccc(C(=O)CSc2nc(C)nc3sc(C)c(C)c23)cc1. The highest BCUT2D eigenvalue weighted by Gasteiger charge is 2.15. The molecule has 0 fully saturated rings. The molecule has 0 bridgehead atoms. The molecule has 7 heteroatoms. The molecule has 26 heavy (non-hydrogen) atoms. The molecule has 134 valence electrons. The second-order valence-corrected chi connectivity index (χ2v) is 8.18. The lowest BCUT2D eigenvalue weighted by molar-refractivity contribution is -0.114. The van der Waals surface area contributed by atoms with Gasteiger partial charge in [0.1, 0.15) is 15.7 Å². The molecule has 0 spiro atoms. The van der Waals surface area contributed by atoms with Gasteiger partial charge in [-0.25, -0.2) is 9.97 Å². The van der Waals surface area contributed by atoms with Crippen LogP contribution in [0, 0.1) is 20.8 Å². The van der Waals surface area contributed by atoms with Gasteiger partial charge in [-0.1, -0.05) is 11.8 Å². The van der Waals surface area contributed by atoms with Gasteiger partial charge in [-0.3, -0.25) is 9.59 Å². The Morgan fingerprint density at radius 3 is 2.46 bits per heavy atom. The van der Waals surface area contributed by atoms with Crippen molar-refractivity contribution < 1.29 is 9.59 Å². The van der Waals surface area contributed by atoms with Gasteiger partial charge in [0.25, 0.3) is 0 Å². The molecule has 0 saturated heterocycles. The first-order valence-corrected chi connectivity index (χ1v) is 9.93. The number of aryl methyl sites for hydroxylation is 3. The van der Waals surface area contributed by atoms with Gasteiger partial charge in [-0.05, 0) is 50.6 Å². The molecule has 2 aromatic heterocycles. The predicted molar refractivity (Wildman–Crippen MR) is 107 cm³/mol. The molecule has 0 unspecified atom stereocenters. The lowest BCUT2D eigenvalue weighted by atomic mass is 10.1. The van der Waals surface area contributed by atoms with E-state index in [1.54, 1.807) is 35.6 Å². The fourth-order valence-electron chi connectivity index (χ4n) is 2.58. The van der Waals surface area contributed by atoms with Crippen LogP contribution in [-0.2, 0) is 4.79 Å². The fourth-order valence-corrected chi connectivity index (χ4v) is 4.74. The van der Waals surface area contributed by atoms with Crippen molar-refractivity contribution >= 4 is 50.7 Å². The number of hydrogen-bond donors (Lipinski definition) is 1. The molecule has 0 aliphatic rings. The van der Waals surface area contributed by atoms with E-state index in [1.807, 2.05) is 6.92 Å². The van der Waals surface area contributed by atoms with Crippen molar-refractivity contribution in [3.05, 3.63) is 46.1 Å². The van der Waals surface area contributed by atoms with Crippen molar-refractivity contribution in [2.75, 3.05) is 11.1 Å². The Hall–Kier alpha value is -2.25. The molecular formula is C19H19N3O2S2. The van der Waals surface area contributed by atoms with Gasteiger partial charge in [-0.2, -0.15) is 0 Å². The van der Waals surface area contributed by atoms with E-state index in [1.165, 1.54) is 29.1 Å². The Bertz CT molecular complexity index is 994. The van der Waals surface area contributed by atoms with E-state index in [9.17, 15) is 9.59 Å². The molecule has 3 aromatic rings. The number of thiophene rings is 1. The Morgan fingerprint density at radius 2 is 1.81 bits per heavy atom. The van der Waals surface area contributed by atoms with Crippen LogP contribution in [0.2, 0.25) is 0 Å². The number of nitrogens with zero attached hydrogens (tertiary/aromatic N) is 2. The fraction of sp³-hybridized carbons (Fsp3) is 0.263. The Labute approximate surface area is 160 Å². The maximum Gasteiger partial charge on any atom is 0.221 e. The van der Waals surface area contributed by atoms with Crippen molar-refractivity contribution in [3.63, 3.8) is 0 Å². The Morgan fingerprint density at radius 1 is 1.12 bits per heavy atom. The summed E-state index contributed by atoms with van der Waals surface area (Å²) < 4.78 is 0. The summed E-state index contributed by atoms with van der Waals surface area (Å²) in [5.74, 6) is 0.912. The molecule has 2 heterocycles. The maximum absolute atomic E-state index is 12.5. The number of fused-ring (bicyclic) bond motifs is 1. The van der Waals surface area contributed by atoms with Crippen LogP contribution in [0.15, 0.2) is 29.3 Å². The number of nitrogens with one attached hydrogen (secondary N) is 1. The van der Waals surface area contributed by atoms with Crippen molar-refractivity contribution in [2.24, 2.45) is 0 Å². The molecule has 1 amide bonds. The van der Waals surface area contributed by atoms with Crippen molar-refractivity contribution in [1.82, 2.24) is 9.97 Å². The normalized spacial score (nSPS) is 10.9. The number of hydrogen-bond acceptors (Lipinski definition) is 6. The number of amides is 1. The van der Waals surface area contributed by atoms with Gasteiger partial charge in [0.05, 0.1) is 5.75 Å². The van der Waals surface area contributed by atoms with Gasteiger partial charge >= 0.3 is 0 Å². The molecule has 1 N–H and O–H groups in total. The third kappa shape index (κ3) is 3.94. The first-order valence-electron chi connectivity index (χ1n) is 8.13. The maximum atomic E-state index is 12.5. The van der Waals surface area contributed by atoms with Crippen molar-refractivity contribution in [1.29, 1.82) is 0 Å². The third-order valence-electron chi connectivity index (χ3n) is 3.97. The number of rotatable bonds is 5. The molecule has 0 aliphatic carbocycles. The first-order chi connectivity index (χ1) is 12.3. The standard InChI is InChI=1S/C19H19N3O2S2/c1-10-11(2)26-19-17(10)18(20-12(3)21-19)25-9-16(24)14-5-7-15(8-6-14)22-13(4)23/h5-8H,9H2,1-4H3,(H,22,23). The minimum absolute atomic E-state index is 0.0263. The van der Waals surface area contributed by atoms with Crippen LogP contribution in [0.3, 0.4) is 0 Å². The number of thioether (sulfide) groups is 1. The highest BCUT2D eigenvalue weighted by atomic mass is 32.2. The van der Waals surface area contributed by atoms with Crippen LogP contribution in [0.25, 0.3) is 10.2 Å². The quantitative estimate of drug-likeness (QED) is 0.396. The van der Waals surface area contributed by atoms with E-state index in [0.717, 1.165) is 15.2 Å².